The summed E-state index contributed by atoms with van der Waals surface area (Å²) in [4.78, 5) is 10.9. The Kier molecular flexibility index (Phi) is 6.54. The van der Waals surface area contributed by atoms with Crippen LogP contribution in [0.2, 0.25) is 0 Å². The molecule has 0 aromatic rings. The maximum absolute atomic E-state index is 10.9. The van der Waals surface area contributed by atoms with Crippen LogP contribution >= 0.6 is 0 Å². The number of carbonyl (C=O) groups excluding carboxylic acids is 1. The summed E-state index contributed by atoms with van der Waals surface area (Å²) in [6.07, 6.45) is -0.213. The van der Waals surface area contributed by atoms with E-state index in [0.29, 0.717) is 13.0 Å². The zero-order valence-electron chi connectivity index (χ0n) is 8.45. The second kappa shape index (κ2) is 6.86. The molecule has 78 valence electrons. The minimum Gasteiger partial charge on any atom is -0.466 e. The predicted octanol–water partition coefficient (Wildman–Crippen LogP) is 0.726. The molecule has 13 heavy (non-hydrogen) atoms. The number of hydrogen-bond donors (Lipinski definition) is 1. The number of aliphatic hydroxyl groups is 1. The zero-order chi connectivity index (χ0) is 10.3. The molecule has 0 aliphatic carbocycles. The Bertz CT molecular complexity index is 147. The van der Waals surface area contributed by atoms with Crippen molar-refractivity contribution in [3.8, 4) is 0 Å². The van der Waals surface area contributed by atoms with Crippen LogP contribution in [0.25, 0.3) is 0 Å². The monoisotopic (exact) mass is 190 g/mol. The Labute approximate surface area is 78.8 Å². The molecule has 0 rings (SSSR count). The SMILES string of the molecule is CCOC(=O)CC(O)CC(C)OC. The highest BCUT2D eigenvalue weighted by atomic mass is 16.5. The van der Waals surface area contributed by atoms with E-state index in [9.17, 15) is 9.90 Å². The molecule has 2 atom stereocenters. The van der Waals surface area contributed by atoms with Gasteiger partial charge >= 0.3 is 5.97 Å². The molecule has 4 nitrogen and oxygen atoms in total. The van der Waals surface area contributed by atoms with Gasteiger partial charge in [0.05, 0.1) is 25.2 Å². The van der Waals surface area contributed by atoms with Crippen LogP contribution in [-0.4, -0.2) is 37.0 Å². The number of methoxy groups -OCH3 is 1. The fourth-order valence-corrected chi connectivity index (χ4v) is 0.975. The summed E-state index contributed by atoms with van der Waals surface area (Å²) < 4.78 is 9.64. The van der Waals surface area contributed by atoms with Crippen molar-refractivity contribution in [3.63, 3.8) is 0 Å². The second-order valence-corrected chi connectivity index (χ2v) is 2.94. The maximum Gasteiger partial charge on any atom is 0.308 e. The van der Waals surface area contributed by atoms with Crippen LogP contribution in [0.4, 0.5) is 0 Å². The molecule has 0 radical (unpaired) electrons. The fraction of sp³-hybridized carbons (Fsp3) is 0.889. The van der Waals surface area contributed by atoms with Crippen molar-refractivity contribution in [3.05, 3.63) is 0 Å². The number of esters is 1. The summed E-state index contributed by atoms with van der Waals surface area (Å²) in [5.41, 5.74) is 0. The third-order valence-corrected chi connectivity index (χ3v) is 1.71. The van der Waals surface area contributed by atoms with E-state index in [2.05, 4.69) is 4.74 Å². The maximum atomic E-state index is 10.9. The number of ether oxygens (including phenoxy) is 2. The highest BCUT2D eigenvalue weighted by molar-refractivity contribution is 5.69. The van der Waals surface area contributed by atoms with E-state index >= 15 is 0 Å². The number of aliphatic hydroxyl groups excluding tert-OH is 1. The Balaban J connectivity index is 3.60. The van der Waals surface area contributed by atoms with Gasteiger partial charge in [-0.3, -0.25) is 4.79 Å². The van der Waals surface area contributed by atoms with Crippen molar-refractivity contribution in [2.24, 2.45) is 0 Å². The summed E-state index contributed by atoms with van der Waals surface area (Å²) in [6.45, 7) is 3.93. The van der Waals surface area contributed by atoms with Crippen LogP contribution in [0, 0.1) is 0 Å². The highest BCUT2D eigenvalue weighted by Gasteiger charge is 2.14. The fourth-order valence-electron chi connectivity index (χ4n) is 0.975. The molecule has 0 amide bonds. The van der Waals surface area contributed by atoms with Crippen LogP contribution in [0.1, 0.15) is 26.7 Å². The van der Waals surface area contributed by atoms with Crippen molar-refractivity contribution in [1.82, 2.24) is 0 Å². The van der Waals surface area contributed by atoms with Crippen LogP contribution in [-0.2, 0) is 14.3 Å². The predicted molar refractivity (Wildman–Crippen MR) is 48.3 cm³/mol. The molecular weight excluding hydrogens is 172 g/mol. The van der Waals surface area contributed by atoms with E-state index in [0.717, 1.165) is 0 Å². The van der Waals surface area contributed by atoms with Gasteiger partial charge in [-0.1, -0.05) is 0 Å². The minimum atomic E-state index is -0.672. The van der Waals surface area contributed by atoms with Gasteiger partial charge in [-0.05, 0) is 20.3 Å². The molecule has 4 heteroatoms. The van der Waals surface area contributed by atoms with Crippen molar-refractivity contribution < 1.29 is 19.4 Å². The lowest BCUT2D eigenvalue weighted by molar-refractivity contribution is -0.145. The minimum absolute atomic E-state index is 0.0376. The molecule has 0 saturated carbocycles. The van der Waals surface area contributed by atoms with Gasteiger partial charge in [0.25, 0.3) is 0 Å². The summed E-state index contributed by atoms with van der Waals surface area (Å²) >= 11 is 0. The van der Waals surface area contributed by atoms with E-state index < -0.39 is 6.10 Å². The second-order valence-electron chi connectivity index (χ2n) is 2.94. The molecule has 0 bridgehead atoms. The Morgan fingerprint density at radius 1 is 1.54 bits per heavy atom. The average Bonchev–Trinajstić information content (AvgIpc) is 2.04. The zero-order valence-corrected chi connectivity index (χ0v) is 8.45. The average molecular weight is 190 g/mol. The summed E-state index contributed by atoms with van der Waals surface area (Å²) in [6, 6.07) is 0. The van der Waals surface area contributed by atoms with Gasteiger partial charge in [-0.2, -0.15) is 0 Å². The molecule has 0 aromatic carbocycles. The van der Waals surface area contributed by atoms with E-state index in [4.69, 9.17) is 4.74 Å². The van der Waals surface area contributed by atoms with E-state index in [1.165, 1.54) is 0 Å². The van der Waals surface area contributed by atoms with E-state index in [1.807, 2.05) is 6.92 Å². The Morgan fingerprint density at radius 2 is 2.15 bits per heavy atom. The van der Waals surface area contributed by atoms with Crippen LogP contribution in [0.15, 0.2) is 0 Å². The highest BCUT2D eigenvalue weighted by Crippen LogP contribution is 2.05. The van der Waals surface area contributed by atoms with Crippen LogP contribution < -0.4 is 0 Å². The summed E-state index contributed by atoms with van der Waals surface area (Å²) in [5.74, 6) is -0.363. The molecule has 1 N–H and O–H groups in total. The Hall–Kier alpha value is -0.610. The molecular formula is C9H18O4. The lowest BCUT2D eigenvalue weighted by Gasteiger charge is -2.14. The lowest BCUT2D eigenvalue weighted by Crippen LogP contribution is -2.21. The van der Waals surface area contributed by atoms with E-state index in [-0.39, 0.29) is 18.5 Å². The first-order valence-corrected chi connectivity index (χ1v) is 4.46. The first-order chi connectivity index (χ1) is 6.10. The lowest BCUT2D eigenvalue weighted by atomic mass is 10.1. The number of hydrogen-bond acceptors (Lipinski definition) is 4. The van der Waals surface area contributed by atoms with Crippen molar-refractivity contribution in [1.29, 1.82) is 0 Å². The van der Waals surface area contributed by atoms with Gasteiger partial charge in [-0.25, -0.2) is 0 Å². The summed E-state index contributed by atoms with van der Waals surface area (Å²) in [7, 11) is 1.57. The smallest absolute Gasteiger partial charge is 0.308 e. The van der Waals surface area contributed by atoms with Gasteiger partial charge in [0.15, 0.2) is 0 Å². The summed E-state index contributed by atoms with van der Waals surface area (Å²) in [5, 5.41) is 9.37. The van der Waals surface area contributed by atoms with Crippen molar-refractivity contribution in [2.45, 2.75) is 38.9 Å². The van der Waals surface area contributed by atoms with Gasteiger partial charge in [0.2, 0.25) is 0 Å². The number of rotatable bonds is 6. The number of carbonyl (C=O) groups is 1. The molecule has 2 unspecified atom stereocenters. The standard InChI is InChI=1S/C9H18O4/c1-4-13-9(11)6-8(10)5-7(2)12-3/h7-8,10H,4-6H2,1-3H3. The van der Waals surface area contributed by atoms with E-state index in [1.54, 1.807) is 14.0 Å². The van der Waals surface area contributed by atoms with Crippen LogP contribution in [0.3, 0.4) is 0 Å². The molecule has 0 aromatic heterocycles. The molecule has 0 saturated heterocycles. The first-order valence-electron chi connectivity index (χ1n) is 4.46. The van der Waals surface area contributed by atoms with Gasteiger partial charge in [0.1, 0.15) is 0 Å². The van der Waals surface area contributed by atoms with Gasteiger partial charge in [0, 0.05) is 7.11 Å². The molecule has 0 aliphatic rings. The first kappa shape index (κ1) is 12.4. The molecule has 0 spiro atoms. The third kappa shape index (κ3) is 6.54. The molecule has 0 fully saturated rings. The van der Waals surface area contributed by atoms with Gasteiger partial charge in [-0.15, -0.1) is 0 Å². The third-order valence-electron chi connectivity index (χ3n) is 1.71. The normalized spacial score (nSPS) is 15.1. The molecule has 0 aliphatic heterocycles. The van der Waals surface area contributed by atoms with Crippen LogP contribution in [0.5, 0.6) is 0 Å². The van der Waals surface area contributed by atoms with Crippen molar-refractivity contribution >= 4 is 5.97 Å². The van der Waals surface area contributed by atoms with Crippen molar-refractivity contribution in [2.75, 3.05) is 13.7 Å². The molecule has 0 heterocycles. The quantitative estimate of drug-likeness (QED) is 0.627. The van der Waals surface area contributed by atoms with Gasteiger partial charge < -0.3 is 14.6 Å². The topological polar surface area (TPSA) is 55.8 Å². The largest absolute Gasteiger partial charge is 0.466 e. The Morgan fingerprint density at radius 3 is 2.62 bits per heavy atom.